The Morgan fingerprint density at radius 1 is 0.967 bits per heavy atom. The lowest BCUT2D eigenvalue weighted by Gasteiger charge is -2.36. The van der Waals surface area contributed by atoms with E-state index in [9.17, 15) is 4.79 Å². The van der Waals surface area contributed by atoms with Gasteiger partial charge < -0.3 is 15.1 Å². The van der Waals surface area contributed by atoms with Crippen molar-refractivity contribution in [1.82, 2.24) is 14.9 Å². The first-order chi connectivity index (χ1) is 14.6. The summed E-state index contributed by atoms with van der Waals surface area (Å²) in [6.45, 7) is 6.94. The van der Waals surface area contributed by atoms with Gasteiger partial charge in [-0.25, -0.2) is 9.97 Å². The molecule has 154 valence electrons. The number of amides is 1. The lowest BCUT2D eigenvalue weighted by atomic mass is 10.0. The molecular weight excluding hydrogens is 374 g/mol. The maximum absolute atomic E-state index is 13.0. The predicted octanol–water partition coefficient (Wildman–Crippen LogP) is 3.78. The molecule has 0 unspecified atom stereocenters. The first kappa shape index (κ1) is 18.9. The third-order valence-electron chi connectivity index (χ3n) is 5.95. The molecule has 3 aromatic rings. The van der Waals surface area contributed by atoms with Gasteiger partial charge in [-0.2, -0.15) is 0 Å². The van der Waals surface area contributed by atoms with Crippen molar-refractivity contribution in [3.63, 3.8) is 0 Å². The van der Waals surface area contributed by atoms with Crippen LogP contribution in [-0.4, -0.2) is 53.0 Å². The largest absolute Gasteiger partial charge is 0.364 e. The van der Waals surface area contributed by atoms with E-state index in [0.29, 0.717) is 19.1 Å². The average Bonchev–Trinajstić information content (AvgIpc) is 3.57. The van der Waals surface area contributed by atoms with Gasteiger partial charge in [0.05, 0.1) is 11.0 Å². The summed E-state index contributed by atoms with van der Waals surface area (Å²) in [6.07, 6.45) is 2.37. The number of hydrogen-bond donors (Lipinski definition) is 1. The molecule has 2 heterocycles. The Morgan fingerprint density at radius 3 is 2.33 bits per heavy atom. The highest BCUT2D eigenvalue weighted by molar-refractivity contribution is 5.96. The second-order valence-electron chi connectivity index (χ2n) is 8.40. The van der Waals surface area contributed by atoms with Crippen LogP contribution in [0.3, 0.4) is 0 Å². The van der Waals surface area contributed by atoms with Gasteiger partial charge in [-0.3, -0.25) is 4.79 Å². The van der Waals surface area contributed by atoms with Gasteiger partial charge in [-0.05, 0) is 50.5 Å². The lowest BCUT2D eigenvalue weighted by Crippen LogP contribution is -2.49. The fourth-order valence-electron chi connectivity index (χ4n) is 4.07. The first-order valence-corrected chi connectivity index (χ1v) is 10.7. The van der Waals surface area contributed by atoms with Crippen molar-refractivity contribution in [2.75, 3.05) is 36.4 Å². The van der Waals surface area contributed by atoms with E-state index < -0.39 is 0 Å². The fourth-order valence-corrected chi connectivity index (χ4v) is 4.07. The summed E-state index contributed by atoms with van der Waals surface area (Å²) < 4.78 is 0. The average molecular weight is 402 g/mol. The number of para-hydroxylation sites is 2. The molecule has 0 bridgehead atoms. The summed E-state index contributed by atoms with van der Waals surface area (Å²) in [4.78, 5) is 27.0. The molecule has 1 saturated heterocycles. The quantitative estimate of drug-likeness (QED) is 0.721. The fraction of sp³-hybridized carbons (Fsp3) is 0.375. The van der Waals surface area contributed by atoms with Gasteiger partial charge >= 0.3 is 0 Å². The molecule has 0 radical (unpaired) electrons. The molecule has 6 heteroatoms. The molecule has 2 fully saturated rings. The van der Waals surface area contributed by atoms with Crippen LogP contribution in [0.2, 0.25) is 0 Å². The number of aromatic nitrogens is 2. The van der Waals surface area contributed by atoms with E-state index in [2.05, 4.69) is 23.2 Å². The Morgan fingerprint density at radius 2 is 1.67 bits per heavy atom. The van der Waals surface area contributed by atoms with Crippen molar-refractivity contribution in [3.05, 3.63) is 59.2 Å². The van der Waals surface area contributed by atoms with Crippen LogP contribution in [0.25, 0.3) is 11.0 Å². The van der Waals surface area contributed by atoms with Crippen molar-refractivity contribution in [3.8, 4) is 0 Å². The highest BCUT2D eigenvalue weighted by Gasteiger charge is 2.28. The molecule has 0 spiro atoms. The van der Waals surface area contributed by atoms with E-state index >= 15 is 0 Å². The van der Waals surface area contributed by atoms with E-state index in [1.165, 1.54) is 18.4 Å². The summed E-state index contributed by atoms with van der Waals surface area (Å²) in [7, 11) is 0. The van der Waals surface area contributed by atoms with Gasteiger partial charge in [0.25, 0.3) is 5.91 Å². The maximum Gasteiger partial charge on any atom is 0.254 e. The van der Waals surface area contributed by atoms with Crippen molar-refractivity contribution in [2.24, 2.45) is 0 Å². The Hall–Kier alpha value is -3.15. The molecule has 1 amide bonds. The normalized spacial score (nSPS) is 16.7. The first-order valence-electron chi connectivity index (χ1n) is 10.7. The SMILES string of the molecule is Cc1ccc(C(=O)N2CCN(c3nc4ccccc4nc3NC3CC3)CC2)c(C)c1. The van der Waals surface area contributed by atoms with E-state index in [-0.39, 0.29) is 5.91 Å². The number of hydrogen-bond acceptors (Lipinski definition) is 5. The molecule has 2 aromatic carbocycles. The monoisotopic (exact) mass is 401 g/mol. The van der Waals surface area contributed by atoms with Crippen LogP contribution in [0.5, 0.6) is 0 Å². The summed E-state index contributed by atoms with van der Waals surface area (Å²) in [5.41, 5.74) is 4.84. The van der Waals surface area contributed by atoms with E-state index in [1.807, 2.05) is 48.2 Å². The number of piperazine rings is 1. The molecular formula is C24H27N5O. The number of nitrogens with one attached hydrogen (secondary N) is 1. The molecule has 0 atom stereocenters. The van der Waals surface area contributed by atoms with Crippen molar-refractivity contribution >= 4 is 28.6 Å². The number of anilines is 2. The summed E-state index contributed by atoms with van der Waals surface area (Å²) in [5.74, 6) is 1.89. The van der Waals surface area contributed by atoms with Crippen molar-refractivity contribution in [2.45, 2.75) is 32.7 Å². The molecule has 1 saturated carbocycles. The summed E-state index contributed by atoms with van der Waals surface area (Å²) >= 11 is 0. The van der Waals surface area contributed by atoms with Gasteiger partial charge in [-0.1, -0.05) is 29.8 Å². The van der Waals surface area contributed by atoms with Crippen LogP contribution >= 0.6 is 0 Å². The van der Waals surface area contributed by atoms with E-state index in [1.54, 1.807) is 0 Å². The minimum atomic E-state index is 0.119. The minimum absolute atomic E-state index is 0.119. The number of aryl methyl sites for hydroxylation is 2. The number of fused-ring (bicyclic) bond motifs is 1. The summed E-state index contributed by atoms with van der Waals surface area (Å²) in [5, 5.41) is 3.55. The van der Waals surface area contributed by atoms with Crippen LogP contribution < -0.4 is 10.2 Å². The van der Waals surface area contributed by atoms with Gasteiger partial charge in [0.15, 0.2) is 11.6 Å². The molecule has 2 aliphatic rings. The standard InChI is InChI=1S/C24H27N5O/c1-16-7-10-19(17(2)15-16)24(30)29-13-11-28(12-14-29)23-22(25-18-8-9-18)26-20-5-3-4-6-21(20)27-23/h3-7,10,15,18H,8-9,11-14H2,1-2H3,(H,25,26). The zero-order valence-electron chi connectivity index (χ0n) is 17.6. The Bertz CT molecular complexity index is 1100. The van der Waals surface area contributed by atoms with Gasteiger partial charge in [0.2, 0.25) is 0 Å². The van der Waals surface area contributed by atoms with Crippen LogP contribution in [0.1, 0.15) is 34.3 Å². The van der Waals surface area contributed by atoms with Gasteiger partial charge in [-0.15, -0.1) is 0 Å². The zero-order valence-corrected chi connectivity index (χ0v) is 17.6. The minimum Gasteiger partial charge on any atom is -0.364 e. The molecule has 1 aliphatic heterocycles. The Balaban J connectivity index is 1.36. The van der Waals surface area contributed by atoms with Crippen LogP contribution in [0, 0.1) is 13.8 Å². The Labute approximate surface area is 176 Å². The molecule has 5 rings (SSSR count). The van der Waals surface area contributed by atoms with Crippen LogP contribution in [-0.2, 0) is 0 Å². The third-order valence-corrected chi connectivity index (χ3v) is 5.95. The van der Waals surface area contributed by atoms with Gasteiger partial charge in [0, 0.05) is 37.8 Å². The predicted molar refractivity (Wildman–Crippen MR) is 120 cm³/mol. The molecule has 30 heavy (non-hydrogen) atoms. The number of rotatable bonds is 4. The number of nitrogens with zero attached hydrogens (tertiary/aromatic N) is 4. The maximum atomic E-state index is 13.0. The Kier molecular flexibility index (Phi) is 4.77. The number of benzene rings is 2. The smallest absolute Gasteiger partial charge is 0.254 e. The molecule has 1 N–H and O–H groups in total. The number of carbonyl (C=O) groups is 1. The second kappa shape index (κ2) is 7.59. The highest BCUT2D eigenvalue weighted by Crippen LogP contribution is 2.31. The van der Waals surface area contributed by atoms with Crippen molar-refractivity contribution in [1.29, 1.82) is 0 Å². The second-order valence-corrected chi connectivity index (χ2v) is 8.40. The van der Waals surface area contributed by atoms with E-state index in [0.717, 1.165) is 46.9 Å². The van der Waals surface area contributed by atoms with Gasteiger partial charge in [0.1, 0.15) is 0 Å². The highest BCUT2D eigenvalue weighted by atomic mass is 16.2. The lowest BCUT2D eigenvalue weighted by molar-refractivity contribution is 0.0746. The van der Waals surface area contributed by atoms with E-state index in [4.69, 9.17) is 9.97 Å². The molecule has 6 nitrogen and oxygen atoms in total. The zero-order chi connectivity index (χ0) is 20.7. The molecule has 1 aliphatic carbocycles. The topological polar surface area (TPSA) is 61.4 Å². The summed E-state index contributed by atoms with van der Waals surface area (Å²) in [6, 6.07) is 14.5. The number of carbonyl (C=O) groups excluding carboxylic acids is 1. The van der Waals surface area contributed by atoms with Crippen LogP contribution in [0.4, 0.5) is 11.6 Å². The van der Waals surface area contributed by atoms with Crippen molar-refractivity contribution < 1.29 is 4.79 Å². The van der Waals surface area contributed by atoms with Crippen LogP contribution in [0.15, 0.2) is 42.5 Å². The molecule has 1 aromatic heterocycles. The third kappa shape index (κ3) is 3.70.